The Morgan fingerprint density at radius 1 is 0.569 bits per heavy atom. The van der Waals surface area contributed by atoms with Gasteiger partial charge in [-0.2, -0.15) is 26.3 Å². The fourth-order valence-electron chi connectivity index (χ4n) is 11.3. The first kappa shape index (κ1) is 53.7. The van der Waals surface area contributed by atoms with Crippen molar-refractivity contribution in [3.8, 4) is 0 Å². The summed E-state index contributed by atoms with van der Waals surface area (Å²) in [6.07, 6.45) is -2.26. The molecule has 0 radical (unpaired) electrons. The molecule has 0 bridgehead atoms. The van der Waals surface area contributed by atoms with E-state index in [2.05, 4.69) is 73.4 Å². The van der Waals surface area contributed by atoms with Crippen molar-refractivity contribution in [3.05, 3.63) is 107 Å². The van der Waals surface area contributed by atoms with Gasteiger partial charge in [-0.1, -0.05) is 77.9 Å². The van der Waals surface area contributed by atoms with Crippen molar-refractivity contribution in [1.29, 1.82) is 0 Å². The Hall–Kier alpha value is -6.06. The lowest BCUT2D eigenvalue weighted by Crippen LogP contribution is -2.29. The molecule has 16 heteroatoms. The minimum absolute atomic E-state index is 0.190. The molecule has 0 unspecified atom stereocenters. The number of carbonyl (C=O) groups excluding carboxylic acids is 2. The molecule has 2 fully saturated rings. The molecule has 0 spiro atoms. The van der Waals surface area contributed by atoms with Crippen LogP contribution in [0.1, 0.15) is 127 Å². The van der Waals surface area contributed by atoms with E-state index in [1.807, 2.05) is 24.3 Å². The molecule has 0 aliphatic heterocycles. The maximum absolute atomic E-state index is 12.8. The summed E-state index contributed by atoms with van der Waals surface area (Å²) in [6.45, 7) is 13.8. The number of esters is 2. The van der Waals surface area contributed by atoms with Crippen LogP contribution in [-0.4, -0.2) is 57.6 Å². The Kier molecular flexibility index (Phi) is 16.4. The molecular weight excluding hydrogens is 935 g/mol. The predicted molar refractivity (Wildman–Crippen MR) is 271 cm³/mol. The molecule has 72 heavy (non-hydrogen) atoms. The van der Waals surface area contributed by atoms with Gasteiger partial charge in [0.25, 0.3) is 0 Å². The van der Waals surface area contributed by atoms with Crippen molar-refractivity contribution in [2.45, 2.75) is 143 Å². The van der Waals surface area contributed by atoms with Crippen LogP contribution in [-0.2, 0) is 44.7 Å². The number of anilines is 4. The molecule has 4 aromatic carbocycles. The molecule has 2 heterocycles. The van der Waals surface area contributed by atoms with Gasteiger partial charge in [0.1, 0.15) is 0 Å². The number of imidazole rings is 2. The van der Waals surface area contributed by atoms with E-state index in [-0.39, 0.29) is 46.0 Å². The van der Waals surface area contributed by atoms with Crippen LogP contribution < -0.4 is 10.6 Å². The lowest BCUT2D eigenvalue weighted by molar-refractivity contribution is -0.141. The zero-order valence-corrected chi connectivity index (χ0v) is 42.6. The minimum atomic E-state index is -4.24. The standard InChI is InChI=1S/2C28H34F3N3O2/c2*1-18-13-22(17-27(2,3)15-18)34-24-11-7-19(8-12-25(35)36-4)14-23(24)33-26(34)32-21-9-5-20(6-10-21)16-28(29,30)31/h2*5-7,9-11,14,18,22H,8,12-13,15-17H2,1-4H3,(H,32,33)/t2*18-,22+/m10/s1. The first-order chi connectivity index (χ1) is 33.8. The second-order valence-electron chi connectivity index (χ2n) is 21.8. The highest BCUT2D eigenvalue weighted by atomic mass is 19.4. The van der Waals surface area contributed by atoms with Gasteiger partial charge in [0.15, 0.2) is 0 Å². The smallest absolute Gasteiger partial charge is 0.393 e. The molecule has 2 N–H and O–H groups in total. The van der Waals surface area contributed by atoms with Crippen LogP contribution in [0.5, 0.6) is 0 Å². The topological polar surface area (TPSA) is 112 Å². The largest absolute Gasteiger partial charge is 0.469 e. The van der Waals surface area contributed by atoms with Gasteiger partial charge in [0, 0.05) is 36.3 Å². The molecule has 2 aliphatic carbocycles. The number of aryl methyl sites for hydroxylation is 2. The lowest BCUT2D eigenvalue weighted by Gasteiger charge is -2.40. The number of carbonyl (C=O) groups is 2. The van der Waals surface area contributed by atoms with E-state index in [4.69, 9.17) is 19.4 Å². The first-order valence-corrected chi connectivity index (χ1v) is 24.9. The Morgan fingerprint density at radius 3 is 1.24 bits per heavy atom. The molecule has 0 saturated heterocycles. The summed E-state index contributed by atoms with van der Waals surface area (Å²) in [5, 5.41) is 6.73. The minimum Gasteiger partial charge on any atom is -0.469 e. The van der Waals surface area contributed by atoms with Crippen LogP contribution in [0.3, 0.4) is 0 Å². The SMILES string of the molecule is COC(=O)CCc1ccc2c(c1)nc(Nc1ccc(CC(F)(F)F)cc1)n2[C@@H]1C[C@H](C)CC(C)(C)C1.COC(=O)CCc1ccc2c(c1)nc(Nc1ccc(CC(F)(F)F)cc1)n2[C@H]1C[C@@H](C)CC(C)(C)C1. The molecule has 2 aromatic heterocycles. The first-order valence-electron chi connectivity index (χ1n) is 24.9. The van der Waals surface area contributed by atoms with Gasteiger partial charge >= 0.3 is 24.3 Å². The van der Waals surface area contributed by atoms with Crippen molar-refractivity contribution in [3.63, 3.8) is 0 Å². The third-order valence-electron chi connectivity index (χ3n) is 13.9. The van der Waals surface area contributed by atoms with Crippen molar-refractivity contribution in [1.82, 2.24) is 19.1 Å². The van der Waals surface area contributed by atoms with Gasteiger partial charge in [0.2, 0.25) is 11.9 Å². The normalized spacial score (nSPS) is 19.9. The Morgan fingerprint density at radius 2 is 0.917 bits per heavy atom. The van der Waals surface area contributed by atoms with Crippen molar-refractivity contribution in [2.24, 2.45) is 22.7 Å². The zero-order valence-electron chi connectivity index (χ0n) is 42.6. The number of nitrogens with one attached hydrogen (secondary N) is 2. The molecule has 4 atom stereocenters. The third kappa shape index (κ3) is 14.6. The van der Waals surface area contributed by atoms with Gasteiger partial charge in [-0.05, 0) is 145 Å². The molecule has 0 amide bonds. The van der Waals surface area contributed by atoms with Crippen LogP contribution in [0.25, 0.3) is 22.1 Å². The number of aromatic nitrogens is 4. The average Bonchev–Trinajstić information content (AvgIpc) is 3.83. The summed E-state index contributed by atoms with van der Waals surface area (Å²) < 4.78 is 90.6. The van der Waals surface area contributed by atoms with E-state index < -0.39 is 25.2 Å². The van der Waals surface area contributed by atoms with Crippen molar-refractivity contribution < 1.29 is 45.4 Å². The van der Waals surface area contributed by atoms with E-state index in [1.165, 1.54) is 38.5 Å². The van der Waals surface area contributed by atoms with Gasteiger partial charge in [-0.3, -0.25) is 9.59 Å². The Labute approximate surface area is 418 Å². The number of ether oxygens (including phenoxy) is 2. The summed E-state index contributed by atoms with van der Waals surface area (Å²) >= 11 is 0. The summed E-state index contributed by atoms with van der Waals surface area (Å²) in [4.78, 5) is 33.0. The van der Waals surface area contributed by atoms with E-state index in [1.54, 1.807) is 24.3 Å². The second kappa shape index (κ2) is 22.0. The van der Waals surface area contributed by atoms with E-state index in [9.17, 15) is 35.9 Å². The van der Waals surface area contributed by atoms with Gasteiger partial charge < -0.3 is 29.2 Å². The number of rotatable bonds is 14. The van der Waals surface area contributed by atoms with Crippen molar-refractivity contribution >= 4 is 57.3 Å². The fraction of sp³-hybridized carbons (Fsp3) is 0.500. The summed E-state index contributed by atoms with van der Waals surface area (Å²) in [7, 11) is 2.76. The Bertz CT molecular complexity index is 2620. The highest BCUT2D eigenvalue weighted by molar-refractivity contribution is 5.82. The van der Waals surface area contributed by atoms with Crippen LogP contribution in [0, 0.1) is 22.7 Å². The molecule has 6 aromatic rings. The maximum atomic E-state index is 12.8. The lowest BCUT2D eigenvalue weighted by atomic mass is 9.70. The summed E-state index contributed by atoms with van der Waals surface area (Å²) in [5.74, 6) is 1.96. The van der Waals surface area contributed by atoms with Crippen LogP contribution in [0.2, 0.25) is 0 Å². The van der Waals surface area contributed by atoms with Gasteiger partial charge in [0.05, 0.1) is 49.1 Å². The highest BCUT2D eigenvalue weighted by Crippen LogP contribution is 2.48. The number of methoxy groups -OCH3 is 2. The van der Waals surface area contributed by atoms with E-state index in [0.29, 0.717) is 60.8 Å². The van der Waals surface area contributed by atoms with Gasteiger partial charge in [-0.25, -0.2) is 9.97 Å². The summed E-state index contributed by atoms with van der Waals surface area (Å²) in [5.41, 5.74) is 7.85. The van der Waals surface area contributed by atoms with E-state index in [0.717, 1.165) is 71.7 Å². The molecule has 2 aliphatic rings. The Balaban J connectivity index is 0.000000211. The predicted octanol–water partition coefficient (Wildman–Crippen LogP) is 14.8. The highest BCUT2D eigenvalue weighted by Gasteiger charge is 2.37. The molecule has 2 saturated carbocycles. The maximum Gasteiger partial charge on any atom is 0.393 e. The number of halogens is 6. The van der Waals surface area contributed by atoms with Crippen molar-refractivity contribution in [2.75, 3.05) is 24.9 Å². The fourth-order valence-corrected chi connectivity index (χ4v) is 11.3. The number of benzene rings is 4. The monoisotopic (exact) mass is 1000 g/mol. The molecule has 8 rings (SSSR count). The number of hydrogen-bond acceptors (Lipinski definition) is 8. The van der Waals surface area contributed by atoms with Crippen LogP contribution >= 0.6 is 0 Å². The molecule has 388 valence electrons. The van der Waals surface area contributed by atoms with Crippen LogP contribution in [0.15, 0.2) is 84.9 Å². The number of nitrogens with zero attached hydrogens (tertiary/aromatic N) is 4. The summed E-state index contributed by atoms with van der Waals surface area (Å²) in [6, 6.07) is 25.3. The number of alkyl halides is 6. The second-order valence-corrected chi connectivity index (χ2v) is 21.8. The molecule has 10 nitrogen and oxygen atoms in total. The average molecular weight is 1000 g/mol. The number of fused-ring (bicyclic) bond motifs is 2. The van der Waals surface area contributed by atoms with Gasteiger partial charge in [-0.15, -0.1) is 0 Å². The molecular formula is C56H68F6N6O4. The quantitative estimate of drug-likeness (QED) is 0.0820. The van der Waals surface area contributed by atoms with E-state index >= 15 is 0 Å². The zero-order chi connectivity index (χ0) is 52.2. The third-order valence-corrected chi connectivity index (χ3v) is 13.9. The number of hydrogen-bond donors (Lipinski definition) is 2. The van der Waals surface area contributed by atoms with Crippen LogP contribution in [0.4, 0.5) is 49.6 Å².